The maximum atomic E-state index is 10.4. The summed E-state index contributed by atoms with van der Waals surface area (Å²) in [7, 11) is -4.21. The Balaban J connectivity index is 0.00000576. The zero-order chi connectivity index (χ0) is 18.1. The van der Waals surface area contributed by atoms with Gasteiger partial charge in [-0.3, -0.25) is 0 Å². The third-order valence-corrected chi connectivity index (χ3v) is 4.68. The second-order valence-corrected chi connectivity index (χ2v) is 8.11. The first-order chi connectivity index (χ1) is 11.2. The second-order valence-electron chi connectivity index (χ2n) is 6.59. The molecule has 138 valence electrons. The van der Waals surface area contributed by atoms with Crippen molar-refractivity contribution in [2.24, 2.45) is 0 Å². The molecule has 0 radical (unpaired) electrons. The molecule has 7 heteroatoms. The van der Waals surface area contributed by atoms with Gasteiger partial charge in [0.25, 0.3) is 0 Å². The standard InChI is InChI=1S/C18H30O5S.Na/c1-4-5-6-11-18(2,3)16-7-9-17(10-8-16)23-13-12-22-14-15-24(19,20)21;/h7-10H,4-6,11-15H2,1-3H3,(H,19,20,21);/q;+1/p-1. The Morgan fingerprint density at radius 2 is 1.68 bits per heavy atom. The van der Waals surface area contributed by atoms with E-state index in [2.05, 4.69) is 32.9 Å². The van der Waals surface area contributed by atoms with Crippen LogP contribution < -0.4 is 34.3 Å². The van der Waals surface area contributed by atoms with Gasteiger partial charge in [0.15, 0.2) is 0 Å². The van der Waals surface area contributed by atoms with Crippen LogP contribution in [0.2, 0.25) is 0 Å². The van der Waals surface area contributed by atoms with E-state index in [1.807, 2.05) is 12.1 Å². The molecule has 0 N–H and O–H groups in total. The maximum absolute atomic E-state index is 10.4. The molecule has 0 spiro atoms. The van der Waals surface area contributed by atoms with Crippen molar-refractivity contribution in [3.05, 3.63) is 29.8 Å². The Morgan fingerprint density at radius 3 is 2.24 bits per heavy atom. The quantitative estimate of drug-likeness (QED) is 0.300. The van der Waals surface area contributed by atoms with Gasteiger partial charge < -0.3 is 14.0 Å². The number of benzene rings is 1. The Hall–Kier alpha value is -0.110. The maximum Gasteiger partial charge on any atom is 1.00 e. The van der Waals surface area contributed by atoms with Crippen molar-refractivity contribution in [2.75, 3.05) is 25.6 Å². The van der Waals surface area contributed by atoms with Crippen LogP contribution in [0.25, 0.3) is 0 Å². The van der Waals surface area contributed by atoms with Gasteiger partial charge >= 0.3 is 29.6 Å². The summed E-state index contributed by atoms with van der Waals surface area (Å²) in [6.45, 7) is 7.20. The summed E-state index contributed by atoms with van der Waals surface area (Å²) in [4.78, 5) is 0. The van der Waals surface area contributed by atoms with Gasteiger partial charge in [0.2, 0.25) is 0 Å². The molecular formula is C18H29NaO5S. The molecule has 0 aliphatic carbocycles. The van der Waals surface area contributed by atoms with Gasteiger partial charge in [-0.05, 0) is 29.5 Å². The van der Waals surface area contributed by atoms with Crippen LogP contribution in [0.15, 0.2) is 24.3 Å². The third kappa shape index (κ3) is 11.3. The van der Waals surface area contributed by atoms with E-state index in [4.69, 9.17) is 9.47 Å². The fourth-order valence-electron chi connectivity index (χ4n) is 2.45. The van der Waals surface area contributed by atoms with E-state index >= 15 is 0 Å². The molecule has 0 atom stereocenters. The number of unbranched alkanes of at least 4 members (excludes halogenated alkanes) is 2. The van der Waals surface area contributed by atoms with Crippen LogP contribution in [0.5, 0.6) is 5.75 Å². The molecular weight excluding hydrogens is 351 g/mol. The summed E-state index contributed by atoms with van der Waals surface area (Å²) in [5.41, 5.74) is 1.45. The first-order valence-corrected chi connectivity index (χ1v) is 10.1. The molecule has 0 saturated carbocycles. The van der Waals surface area contributed by atoms with E-state index in [9.17, 15) is 13.0 Å². The first kappa shape index (κ1) is 24.9. The predicted octanol–water partition coefficient (Wildman–Crippen LogP) is 0.489. The molecule has 0 aromatic heterocycles. The monoisotopic (exact) mass is 380 g/mol. The van der Waals surface area contributed by atoms with E-state index in [1.165, 1.54) is 24.8 Å². The average molecular weight is 380 g/mol. The summed E-state index contributed by atoms with van der Waals surface area (Å²) < 4.78 is 41.9. The van der Waals surface area contributed by atoms with Gasteiger partial charge in [0.1, 0.15) is 12.4 Å². The molecule has 1 aromatic rings. The van der Waals surface area contributed by atoms with Crippen LogP contribution >= 0.6 is 0 Å². The molecule has 1 rings (SSSR count). The minimum atomic E-state index is -4.21. The van der Waals surface area contributed by atoms with Crippen LogP contribution in [-0.4, -0.2) is 38.5 Å². The van der Waals surface area contributed by atoms with Gasteiger partial charge in [0, 0.05) is 0 Å². The number of hydrogen-bond donors (Lipinski definition) is 0. The van der Waals surface area contributed by atoms with Gasteiger partial charge in [-0.25, -0.2) is 8.42 Å². The van der Waals surface area contributed by atoms with E-state index in [0.29, 0.717) is 6.61 Å². The minimum absolute atomic E-state index is 0. The second kappa shape index (κ2) is 12.3. The van der Waals surface area contributed by atoms with Crippen LogP contribution in [0, 0.1) is 0 Å². The normalized spacial score (nSPS) is 11.8. The largest absolute Gasteiger partial charge is 1.00 e. The Morgan fingerprint density at radius 1 is 1.04 bits per heavy atom. The van der Waals surface area contributed by atoms with Gasteiger partial charge in [-0.2, -0.15) is 0 Å². The summed E-state index contributed by atoms with van der Waals surface area (Å²) in [6.07, 6.45) is 4.89. The molecule has 0 aliphatic heterocycles. The fraction of sp³-hybridized carbons (Fsp3) is 0.667. The van der Waals surface area contributed by atoms with Crippen LogP contribution in [-0.2, 0) is 20.3 Å². The molecule has 0 heterocycles. The molecule has 0 bridgehead atoms. The topological polar surface area (TPSA) is 75.7 Å². The van der Waals surface area contributed by atoms with Gasteiger partial charge in [-0.15, -0.1) is 0 Å². The molecule has 0 amide bonds. The van der Waals surface area contributed by atoms with Crippen molar-refractivity contribution < 1.29 is 52.0 Å². The molecule has 1 aromatic carbocycles. The van der Waals surface area contributed by atoms with Crippen molar-refractivity contribution in [3.8, 4) is 5.75 Å². The van der Waals surface area contributed by atoms with Crippen molar-refractivity contribution in [1.29, 1.82) is 0 Å². The third-order valence-electron chi connectivity index (χ3n) is 4.02. The predicted molar refractivity (Wildman–Crippen MR) is 94.5 cm³/mol. The molecule has 0 unspecified atom stereocenters. The zero-order valence-corrected chi connectivity index (χ0v) is 18.7. The van der Waals surface area contributed by atoms with E-state index in [1.54, 1.807) is 0 Å². The van der Waals surface area contributed by atoms with Crippen molar-refractivity contribution in [3.63, 3.8) is 0 Å². The fourth-order valence-corrected chi connectivity index (χ4v) is 2.77. The number of rotatable bonds is 12. The van der Waals surface area contributed by atoms with Crippen LogP contribution in [0.3, 0.4) is 0 Å². The first-order valence-electron chi connectivity index (χ1n) is 8.49. The van der Waals surface area contributed by atoms with Gasteiger partial charge in [0.05, 0.1) is 29.1 Å². The van der Waals surface area contributed by atoms with Crippen molar-refractivity contribution in [1.82, 2.24) is 0 Å². The van der Waals surface area contributed by atoms with Crippen LogP contribution in [0.4, 0.5) is 0 Å². The van der Waals surface area contributed by atoms with E-state index in [0.717, 1.165) is 12.2 Å². The smallest absolute Gasteiger partial charge is 0.748 e. The average Bonchev–Trinajstić information content (AvgIpc) is 2.50. The van der Waals surface area contributed by atoms with Crippen LogP contribution in [0.1, 0.15) is 52.0 Å². The SMILES string of the molecule is CCCCCC(C)(C)c1ccc(OCCOCCS(=O)(=O)[O-])cc1.[Na+]. The molecule has 5 nitrogen and oxygen atoms in total. The molecule has 0 fully saturated rings. The van der Waals surface area contributed by atoms with Gasteiger partial charge in [-0.1, -0.05) is 52.2 Å². The van der Waals surface area contributed by atoms with Crippen molar-refractivity contribution >= 4 is 10.1 Å². The zero-order valence-electron chi connectivity index (χ0n) is 15.9. The van der Waals surface area contributed by atoms with Crippen molar-refractivity contribution in [2.45, 2.75) is 51.9 Å². The number of ether oxygens (including phenoxy) is 2. The molecule has 25 heavy (non-hydrogen) atoms. The summed E-state index contributed by atoms with van der Waals surface area (Å²) in [5, 5.41) is 0. The summed E-state index contributed by atoms with van der Waals surface area (Å²) in [5.74, 6) is 0.248. The minimum Gasteiger partial charge on any atom is -0.748 e. The van der Waals surface area contributed by atoms with E-state index < -0.39 is 15.9 Å². The molecule has 0 saturated heterocycles. The Bertz CT molecular complexity index is 570. The number of hydrogen-bond acceptors (Lipinski definition) is 5. The summed E-state index contributed by atoms with van der Waals surface area (Å²) in [6, 6.07) is 8.07. The Labute approximate surface area is 174 Å². The molecule has 0 aliphatic rings. The summed E-state index contributed by atoms with van der Waals surface area (Å²) >= 11 is 0. The Kier molecular flexibility index (Phi) is 12.3. The van der Waals surface area contributed by atoms with E-state index in [-0.39, 0.29) is 48.2 Å².